The van der Waals surface area contributed by atoms with E-state index in [1.807, 2.05) is 56.9 Å². The summed E-state index contributed by atoms with van der Waals surface area (Å²) in [5.41, 5.74) is -0.353. The number of rotatable bonds is 3. The Labute approximate surface area is 201 Å². The van der Waals surface area contributed by atoms with Crippen LogP contribution >= 0.6 is 24.4 Å². The maximum absolute atomic E-state index is 13.7. The van der Waals surface area contributed by atoms with Crippen LogP contribution in [0, 0.1) is 13.5 Å². The molecule has 0 unspecified atom stereocenters. The van der Waals surface area contributed by atoms with Crippen molar-refractivity contribution in [2.45, 2.75) is 39.4 Å². The SMILES string of the molecule is [C-]#[N+]c1ccc(N2C(=S)N(c3ccc(C)cc3)C(C)(C)/C2=N/C(=S)NCC)cc1C(F)(F)F. The first-order chi connectivity index (χ1) is 15.4. The lowest BCUT2D eigenvalue weighted by Crippen LogP contribution is -2.45. The smallest absolute Gasteiger partial charge is 0.361 e. The maximum Gasteiger partial charge on any atom is 0.407 e. The van der Waals surface area contributed by atoms with Crippen LogP contribution in [0.2, 0.25) is 0 Å². The number of aliphatic imine (C=N–C) groups is 1. The molecular weight excluding hydrogens is 467 g/mol. The first-order valence-electron chi connectivity index (χ1n) is 10.1. The molecule has 1 heterocycles. The fourth-order valence-corrected chi connectivity index (χ4v) is 4.38. The van der Waals surface area contributed by atoms with E-state index in [9.17, 15) is 13.2 Å². The lowest BCUT2D eigenvalue weighted by molar-refractivity contribution is -0.136. The molecule has 1 aliphatic rings. The lowest BCUT2D eigenvalue weighted by Gasteiger charge is -2.31. The van der Waals surface area contributed by atoms with E-state index < -0.39 is 23.0 Å². The molecule has 0 aromatic heterocycles. The third-order valence-electron chi connectivity index (χ3n) is 5.19. The van der Waals surface area contributed by atoms with Crippen molar-refractivity contribution in [3.8, 4) is 0 Å². The molecule has 1 N–H and O–H groups in total. The number of hydrogen-bond donors (Lipinski definition) is 1. The van der Waals surface area contributed by atoms with Crippen LogP contribution in [0.25, 0.3) is 4.85 Å². The average Bonchev–Trinajstić information content (AvgIpc) is 2.93. The van der Waals surface area contributed by atoms with Crippen LogP contribution in [0.3, 0.4) is 0 Å². The normalized spacial score (nSPS) is 16.8. The van der Waals surface area contributed by atoms with Crippen LogP contribution in [0.1, 0.15) is 31.9 Å². The van der Waals surface area contributed by atoms with Crippen molar-refractivity contribution >= 4 is 57.6 Å². The molecular formula is C23H22F3N5S2. The second-order valence-corrected chi connectivity index (χ2v) is 8.68. The van der Waals surface area contributed by atoms with E-state index in [2.05, 4.69) is 15.2 Å². The van der Waals surface area contributed by atoms with E-state index in [0.717, 1.165) is 23.4 Å². The molecule has 172 valence electrons. The summed E-state index contributed by atoms with van der Waals surface area (Å²) in [4.78, 5) is 10.9. The molecule has 1 aliphatic heterocycles. The van der Waals surface area contributed by atoms with E-state index in [1.165, 1.54) is 11.0 Å². The average molecular weight is 490 g/mol. The van der Waals surface area contributed by atoms with Gasteiger partial charge in [-0.15, -0.1) is 0 Å². The highest BCUT2D eigenvalue weighted by Crippen LogP contribution is 2.42. The highest BCUT2D eigenvalue weighted by atomic mass is 32.1. The van der Waals surface area contributed by atoms with E-state index in [-0.39, 0.29) is 15.9 Å². The number of thiocarbonyl (C=S) groups is 2. The van der Waals surface area contributed by atoms with E-state index >= 15 is 0 Å². The second-order valence-electron chi connectivity index (χ2n) is 7.93. The minimum atomic E-state index is -4.69. The van der Waals surface area contributed by atoms with Crippen molar-refractivity contribution in [3.05, 3.63) is 65.0 Å². The van der Waals surface area contributed by atoms with Gasteiger partial charge in [-0.1, -0.05) is 23.8 Å². The summed E-state index contributed by atoms with van der Waals surface area (Å²) in [6.45, 7) is 15.2. The Morgan fingerprint density at radius 3 is 2.30 bits per heavy atom. The summed E-state index contributed by atoms with van der Waals surface area (Å²) in [6.07, 6.45) is -4.69. The van der Waals surface area contributed by atoms with Crippen LogP contribution in [-0.4, -0.2) is 28.1 Å². The summed E-state index contributed by atoms with van der Waals surface area (Å²) in [5.74, 6) is 0.378. The molecule has 0 aliphatic carbocycles. The lowest BCUT2D eigenvalue weighted by atomic mass is 10.0. The third kappa shape index (κ3) is 4.70. The minimum Gasteiger partial charge on any atom is -0.361 e. The van der Waals surface area contributed by atoms with E-state index in [0.29, 0.717) is 12.4 Å². The summed E-state index contributed by atoms with van der Waals surface area (Å²) in [6, 6.07) is 11.2. The Morgan fingerprint density at radius 2 is 1.76 bits per heavy atom. The first-order valence-corrected chi connectivity index (χ1v) is 10.9. The quantitative estimate of drug-likeness (QED) is 0.407. The molecule has 1 fully saturated rings. The van der Waals surface area contributed by atoms with Gasteiger partial charge in [0, 0.05) is 17.9 Å². The minimum absolute atomic E-state index is 0.153. The van der Waals surface area contributed by atoms with Gasteiger partial charge in [-0.25, -0.2) is 9.84 Å². The largest absolute Gasteiger partial charge is 0.407 e. The van der Waals surface area contributed by atoms with Gasteiger partial charge in [-0.05, 0) is 76.4 Å². The molecule has 33 heavy (non-hydrogen) atoms. The molecule has 0 spiro atoms. The van der Waals surface area contributed by atoms with Crippen molar-refractivity contribution in [2.75, 3.05) is 16.3 Å². The maximum atomic E-state index is 13.7. The zero-order valence-corrected chi connectivity index (χ0v) is 20.1. The molecule has 0 amide bonds. The number of hydrogen-bond acceptors (Lipinski definition) is 2. The predicted molar refractivity (Wildman–Crippen MR) is 134 cm³/mol. The number of aryl methyl sites for hydroxylation is 1. The van der Waals surface area contributed by atoms with E-state index in [1.54, 1.807) is 0 Å². The van der Waals surface area contributed by atoms with E-state index in [4.69, 9.17) is 31.0 Å². The summed E-state index contributed by atoms with van der Waals surface area (Å²) >= 11 is 11.1. The van der Waals surface area contributed by atoms with Gasteiger partial charge in [0.1, 0.15) is 11.4 Å². The Bertz CT molecular complexity index is 1160. The Balaban J connectivity index is 2.23. The van der Waals surface area contributed by atoms with Gasteiger partial charge in [0.2, 0.25) is 0 Å². The van der Waals surface area contributed by atoms with Crippen LogP contribution in [0.5, 0.6) is 0 Å². The number of amidine groups is 1. The highest BCUT2D eigenvalue weighted by Gasteiger charge is 2.49. The van der Waals surface area contributed by atoms with Gasteiger partial charge in [-0.2, -0.15) is 13.2 Å². The molecule has 1 saturated heterocycles. The summed E-state index contributed by atoms with van der Waals surface area (Å²) in [7, 11) is 0. The Kier molecular flexibility index (Phi) is 6.77. The van der Waals surface area contributed by atoms with Gasteiger partial charge < -0.3 is 10.2 Å². The standard InChI is InChI=1S/C23H22F3N5S2/c1-6-28-20(32)29-19-22(3,4)31(15-9-7-14(2)8-10-15)21(33)30(19)16-11-12-18(27-5)17(13-16)23(24,25)26/h7-13H,6H2,1-4H3,(H,28,32)/b29-19-. The summed E-state index contributed by atoms with van der Waals surface area (Å²) in [5, 5.41) is 3.41. The van der Waals surface area contributed by atoms with Crippen LogP contribution in [-0.2, 0) is 6.18 Å². The van der Waals surface area contributed by atoms with Gasteiger partial charge in [0.15, 0.2) is 15.9 Å². The zero-order chi connectivity index (χ0) is 24.6. The molecule has 0 radical (unpaired) electrons. The number of anilines is 2. The summed E-state index contributed by atoms with van der Waals surface area (Å²) < 4.78 is 41.0. The van der Waals surface area contributed by atoms with Crippen LogP contribution in [0.15, 0.2) is 47.5 Å². The molecule has 2 aromatic carbocycles. The van der Waals surface area contributed by atoms with Crippen LogP contribution in [0.4, 0.5) is 30.2 Å². The topological polar surface area (TPSA) is 35.2 Å². The number of nitrogens with zero attached hydrogens (tertiary/aromatic N) is 4. The fraction of sp³-hybridized carbons (Fsp3) is 0.304. The predicted octanol–water partition coefficient (Wildman–Crippen LogP) is 6.25. The first kappa shape index (κ1) is 24.6. The van der Waals surface area contributed by atoms with Gasteiger partial charge in [-0.3, -0.25) is 4.90 Å². The zero-order valence-electron chi connectivity index (χ0n) is 18.5. The number of nitrogens with one attached hydrogen (secondary N) is 1. The van der Waals surface area contributed by atoms with Crippen molar-refractivity contribution in [3.63, 3.8) is 0 Å². The van der Waals surface area contributed by atoms with Crippen molar-refractivity contribution in [2.24, 2.45) is 4.99 Å². The number of alkyl halides is 3. The van der Waals surface area contributed by atoms with Gasteiger partial charge in [0.05, 0.1) is 12.1 Å². The van der Waals surface area contributed by atoms with Gasteiger partial charge in [0.25, 0.3) is 0 Å². The Morgan fingerprint density at radius 1 is 1.15 bits per heavy atom. The molecule has 0 atom stereocenters. The van der Waals surface area contributed by atoms with Crippen molar-refractivity contribution in [1.82, 2.24) is 5.32 Å². The van der Waals surface area contributed by atoms with Crippen molar-refractivity contribution < 1.29 is 13.2 Å². The van der Waals surface area contributed by atoms with Crippen molar-refractivity contribution in [1.29, 1.82) is 0 Å². The third-order valence-corrected chi connectivity index (χ3v) is 5.79. The highest BCUT2D eigenvalue weighted by molar-refractivity contribution is 7.81. The molecule has 5 nitrogen and oxygen atoms in total. The molecule has 10 heteroatoms. The molecule has 0 saturated carbocycles. The number of benzene rings is 2. The second kappa shape index (κ2) is 9.08. The number of halogens is 3. The molecule has 3 rings (SSSR count). The molecule has 0 bridgehead atoms. The monoisotopic (exact) mass is 489 g/mol. The molecule has 2 aromatic rings. The van der Waals surface area contributed by atoms with Crippen LogP contribution < -0.4 is 15.1 Å². The van der Waals surface area contributed by atoms with Gasteiger partial charge >= 0.3 is 6.18 Å². The fourth-order valence-electron chi connectivity index (χ4n) is 3.62. The Hall–Kier alpha value is -3.03.